The van der Waals surface area contributed by atoms with Crippen LogP contribution in [0.1, 0.15) is 50.6 Å². The first-order chi connectivity index (χ1) is 15.4. The molecule has 2 aliphatic rings. The zero-order valence-corrected chi connectivity index (χ0v) is 17.9. The average Bonchev–Trinajstić information content (AvgIpc) is 3.14. The molecule has 6 nitrogen and oxygen atoms in total. The molecular formula is C24H26F2N4O2. The summed E-state index contributed by atoms with van der Waals surface area (Å²) in [7, 11) is 0. The molecule has 1 fully saturated rings. The van der Waals surface area contributed by atoms with Crippen molar-refractivity contribution in [1.82, 2.24) is 9.55 Å². The molecule has 5 rings (SSSR count). The maximum absolute atomic E-state index is 13.8. The molecule has 8 heteroatoms. The highest BCUT2D eigenvalue weighted by atomic mass is 19.2. The summed E-state index contributed by atoms with van der Waals surface area (Å²) in [6.07, 6.45) is 4.73. The van der Waals surface area contributed by atoms with Crippen LogP contribution in [0.15, 0.2) is 30.3 Å². The second-order valence-electron chi connectivity index (χ2n) is 8.96. The molecule has 0 unspecified atom stereocenters. The predicted octanol–water partition coefficient (Wildman–Crippen LogP) is 5.62. The van der Waals surface area contributed by atoms with Gasteiger partial charge in [0.2, 0.25) is 5.95 Å². The number of imidazole rings is 1. The predicted molar refractivity (Wildman–Crippen MR) is 119 cm³/mol. The van der Waals surface area contributed by atoms with Gasteiger partial charge in [-0.1, -0.05) is 6.42 Å². The van der Waals surface area contributed by atoms with Crippen LogP contribution in [0.2, 0.25) is 0 Å². The Morgan fingerprint density at radius 1 is 1.19 bits per heavy atom. The summed E-state index contributed by atoms with van der Waals surface area (Å²) in [5.41, 5.74) is 4.39. The second-order valence-corrected chi connectivity index (χ2v) is 8.96. The number of carbonyl (C=O) groups is 1. The third-order valence-electron chi connectivity index (χ3n) is 6.73. The standard InChI is InChI=1S/C24H26F2N4O2/c1-13-5-7-17-20(27-13)9-10-21-22(17)29-24(28-15-6-8-18(25)19(26)12-15)30(21)16-4-2-3-14(11-16)23(31)32/h6,8-10,12-14,16,27H,2-5,7,11H2,1H3,(H,28,29)(H,31,32)/t13-,14+,16+/m0/s1. The molecule has 168 valence electrons. The van der Waals surface area contributed by atoms with Crippen LogP contribution in [-0.2, 0) is 11.2 Å². The fraction of sp³-hybridized carbons (Fsp3) is 0.417. The third kappa shape index (κ3) is 3.67. The van der Waals surface area contributed by atoms with Crippen molar-refractivity contribution in [3.63, 3.8) is 0 Å². The van der Waals surface area contributed by atoms with E-state index in [2.05, 4.69) is 28.2 Å². The fourth-order valence-corrected chi connectivity index (χ4v) is 5.09. The van der Waals surface area contributed by atoms with Gasteiger partial charge < -0.3 is 20.3 Å². The molecule has 1 aromatic heterocycles. The molecule has 1 aliphatic heterocycles. The van der Waals surface area contributed by atoms with Crippen LogP contribution < -0.4 is 10.6 Å². The summed E-state index contributed by atoms with van der Waals surface area (Å²) < 4.78 is 29.3. The van der Waals surface area contributed by atoms with E-state index in [9.17, 15) is 18.7 Å². The van der Waals surface area contributed by atoms with Gasteiger partial charge >= 0.3 is 5.97 Å². The van der Waals surface area contributed by atoms with Crippen molar-refractivity contribution < 1.29 is 18.7 Å². The number of nitrogens with one attached hydrogen (secondary N) is 2. The van der Waals surface area contributed by atoms with E-state index in [1.54, 1.807) is 0 Å². The van der Waals surface area contributed by atoms with Crippen molar-refractivity contribution in [2.45, 2.75) is 57.5 Å². The van der Waals surface area contributed by atoms with E-state index >= 15 is 0 Å². The van der Waals surface area contributed by atoms with E-state index in [0.29, 0.717) is 30.5 Å². The van der Waals surface area contributed by atoms with E-state index < -0.39 is 23.5 Å². The van der Waals surface area contributed by atoms with Gasteiger partial charge in [0, 0.05) is 35.1 Å². The monoisotopic (exact) mass is 440 g/mol. The molecule has 0 amide bonds. The van der Waals surface area contributed by atoms with E-state index in [-0.39, 0.29) is 6.04 Å². The van der Waals surface area contributed by atoms with Crippen LogP contribution in [0.3, 0.4) is 0 Å². The Balaban J connectivity index is 1.62. The molecule has 0 spiro atoms. The van der Waals surface area contributed by atoms with Gasteiger partial charge in [0.1, 0.15) is 0 Å². The Bertz CT molecular complexity index is 1190. The molecule has 2 aromatic carbocycles. The van der Waals surface area contributed by atoms with Crippen molar-refractivity contribution in [3.05, 3.63) is 47.5 Å². The van der Waals surface area contributed by atoms with Crippen molar-refractivity contribution in [2.24, 2.45) is 5.92 Å². The molecule has 32 heavy (non-hydrogen) atoms. The van der Waals surface area contributed by atoms with Gasteiger partial charge in [-0.05, 0) is 63.3 Å². The number of aromatic nitrogens is 2. The van der Waals surface area contributed by atoms with E-state index in [0.717, 1.165) is 60.1 Å². The molecule has 1 aliphatic carbocycles. The lowest BCUT2D eigenvalue weighted by Gasteiger charge is -2.29. The molecule has 2 heterocycles. The lowest BCUT2D eigenvalue weighted by Crippen LogP contribution is -2.25. The number of anilines is 3. The average molecular weight is 440 g/mol. The van der Waals surface area contributed by atoms with Crippen LogP contribution in [0.4, 0.5) is 26.1 Å². The van der Waals surface area contributed by atoms with Crippen LogP contribution in [0.5, 0.6) is 0 Å². The van der Waals surface area contributed by atoms with Crippen LogP contribution in [-0.4, -0.2) is 26.7 Å². The summed E-state index contributed by atoms with van der Waals surface area (Å²) in [5.74, 6) is -2.49. The van der Waals surface area contributed by atoms with Crippen molar-refractivity contribution >= 4 is 34.3 Å². The molecule has 1 saturated carbocycles. The minimum Gasteiger partial charge on any atom is -0.481 e. The lowest BCUT2D eigenvalue weighted by molar-refractivity contribution is -0.143. The number of rotatable bonds is 4. The number of aliphatic carboxylic acids is 1. The topological polar surface area (TPSA) is 79.2 Å². The quantitative estimate of drug-likeness (QED) is 0.491. The molecule has 3 aromatic rings. The first-order valence-electron chi connectivity index (χ1n) is 11.2. The van der Waals surface area contributed by atoms with Crippen molar-refractivity contribution in [3.8, 4) is 0 Å². The number of benzene rings is 2. The SMILES string of the molecule is C[C@H]1CCc2c(ccc3c2nc(Nc2ccc(F)c(F)c2)n3[C@@H]2CCC[C@@H](C(=O)O)C2)N1. The summed E-state index contributed by atoms with van der Waals surface area (Å²) in [4.78, 5) is 16.6. The molecular weight excluding hydrogens is 414 g/mol. The number of nitrogens with zero attached hydrogens (tertiary/aromatic N) is 2. The lowest BCUT2D eigenvalue weighted by atomic mass is 9.85. The zero-order valence-electron chi connectivity index (χ0n) is 17.9. The molecule has 3 N–H and O–H groups in total. The van der Waals surface area contributed by atoms with Gasteiger partial charge in [0.15, 0.2) is 11.6 Å². The minimum absolute atomic E-state index is 0.0452. The van der Waals surface area contributed by atoms with E-state index in [1.165, 1.54) is 6.07 Å². The normalized spacial score (nSPS) is 22.9. The van der Waals surface area contributed by atoms with Crippen LogP contribution >= 0.6 is 0 Å². The van der Waals surface area contributed by atoms with Gasteiger partial charge in [-0.25, -0.2) is 13.8 Å². The smallest absolute Gasteiger partial charge is 0.306 e. The first kappa shape index (κ1) is 20.7. The number of carboxylic acid groups (broad SMARTS) is 1. The zero-order chi connectivity index (χ0) is 22.4. The number of hydrogen-bond acceptors (Lipinski definition) is 4. The summed E-state index contributed by atoms with van der Waals surface area (Å²) in [5, 5.41) is 16.3. The molecule has 0 radical (unpaired) electrons. The van der Waals surface area contributed by atoms with Crippen molar-refractivity contribution in [1.29, 1.82) is 0 Å². The second kappa shape index (κ2) is 8.07. The number of halogens is 2. The van der Waals surface area contributed by atoms with Gasteiger partial charge in [-0.3, -0.25) is 4.79 Å². The number of carboxylic acids is 1. The number of aryl methyl sites for hydroxylation is 1. The Kier molecular flexibility index (Phi) is 5.23. The summed E-state index contributed by atoms with van der Waals surface area (Å²) in [6, 6.07) is 8.09. The van der Waals surface area contributed by atoms with Crippen LogP contribution in [0.25, 0.3) is 11.0 Å². The Morgan fingerprint density at radius 2 is 2.03 bits per heavy atom. The first-order valence-corrected chi connectivity index (χ1v) is 11.2. The van der Waals surface area contributed by atoms with Gasteiger partial charge in [0.25, 0.3) is 0 Å². The number of fused-ring (bicyclic) bond motifs is 3. The minimum atomic E-state index is -0.933. The Hall–Kier alpha value is -3.16. The van der Waals surface area contributed by atoms with Crippen molar-refractivity contribution in [2.75, 3.05) is 10.6 Å². The molecule has 0 saturated heterocycles. The highest BCUT2D eigenvalue weighted by Crippen LogP contribution is 2.40. The summed E-state index contributed by atoms with van der Waals surface area (Å²) in [6.45, 7) is 2.15. The third-order valence-corrected chi connectivity index (χ3v) is 6.73. The fourth-order valence-electron chi connectivity index (χ4n) is 5.09. The van der Waals surface area contributed by atoms with E-state index in [1.807, 2.05) is 6.07 Å². The highest BCUT2D eigenvalue weighted by Gasteiger charge is 2.31. The molecule has 3 atom stereocenters. The Labute approximate surface area is 184 Å². The van der Waals surface area contributed by atoms with Gasteiger partial charge in [0.05, 0.1) is 17.0 Å². The summed E-state index contributed by atoms with van der Waals surface area (Å²) >= 11 is 0. The Morgan fingerprint density at radius 3 is 2.81 bits per heavy atom. The number of hydrogen-bond donors (Lipinski definition) is 3. The maximum atomic E-state index is 13.8. The highest BCUT2D eigenvalue weighted by molar-refractivity contribution is 5.88. The van der Waals surface area contributed by atoms with E-state index in [4.69, 9.17) is 4.98 Å². The van der Waals surface area contributed by atoms with Gasteiger partial charge in [-0.2, -0.15) is 0 Å². The largest absolute Gasteiger partial charge is 0.481 e. The maximum Gasteiger partial charge on any atom is 0.306 e. The van der Waals surface area contributed by atoms with Crippen LogP contribution in [0, 0.1) is 17.6 Å². The molecule has 0 bridgehead atoms. The van der Waals surface area contributed by atoms with Gasteiger partial charge in [-0.15, -0.1) is 0 Å².